The van der Waals surface area contributed by atoms with E-state index in [1.165, 1.54) is 19.3 Å². The van der Waals surface area contributed by atoms with Crippen LogP contribution < -0.4 is 16.2 Å². The molecule has 3 N–H and O–H groups in total. The summed E-state index contributed by atoms with van der Waals surface area (Å²) in [6.07, 6.45) is 10.5. The molecule has 1 atom stereocenters. The zero-order valence-electron chi connectivity index (χ0n) is 11.2. The second kappa shape index (κ2) is 5.05. The van der Waals surface area contributed by atoms with Gasteiger partial charge in [0.05, 0.1) is 6.20 Å². The van der Waals surface area contributed by atoms with Crippen LogP contribution in [0.2, 0.25) is 0 Å². The topological polar surface area (TPSA) is 71.5 Å². The molecule has 0 aromatic carbocycles. The Morgan fingerprint density at radius 3 is 3.16 bits per heavy atom. The quantitative estimate of drug-likeness (QED) is 0.650. The highest BCUT2D eigenvalue weighted by molar-refractivity contribution is 5.67. The highest BCUT2D eigenvalue weighted by atomic mass is 15.3. The van der Waals surface area contributed by atoms with Crippen LogP contribution in [-0.4, -0.2) is 27.0 Å². The van der Waals surface area contributed by atoms with Crippen LogP contribution in [0.25, 0.3) is 5.65 Å². The number of rotatable bonds is 3. The Morgan fingerprint density at radius 2 is 2.37 bits per heavy atom. The third-order valence-corrected chi connectivity index (χ3v) is 3.87. The third-order valence-electron chi connectivity index (χ3n) is 3.87. The Bertz CT molecular complexity index is 563. The molecule has 1 fully saturated rings. The molecular weight excluding hydrogens is 240 g/mol. The summed E-state index contributed by atoms with van der Waals surface area (Å²) < 4.78 is 1.97. The van der Waals surface area contributed by atoms with Crippen LogP contribution in [0, 0.1) is 0 Å². The largest absolute Gasteiger partial charge is 0.350 e. The van der Waals surface area contributed by atoms with Crippen LogP contribution in [0.5, 0.6) is 0 Å². The highest BCUT2D eigenvalue weighted by Gasteiger charge is 2.24. The first-order valence-electron chi connectivity index (χ1n) is 6.90. The van der Waals surface area contributed by atoms with Crippen molar-refractivity contribution in [3.05, 3.63) is 18.6 Å². The van der Waals surface area contributed by atoms with Gasteiger partial charge in [-0.1, -0.05) is 6.92 Å². The zero-order valence-corrected chi connectivity index (χ0v) is 11.2. The molecule has 2 aromatic rings. The number of imidazole rings is 1. The van der Waals surface area contributed by atoms with E-state index in [4.69, 9.17) is 5.84 Å². The number of hydrogen-bond acceptors (Lipinski definition) is 5. The second-order valence-corrected chi connectivity index (χ2v) is 5.00. The Kier molecular flexibility index (Phi) is 3.25. The molecule has 0 saturated carbocycles. The first-order chi connectivity index (χ1) is 9.33. The van der Waals surface area contributed by atoms with Crippen molar-refractivity contribution in [1.29, 1.82) is 0 Å². The molecule has 3 heterocycles. The number of hydrazine groups is 1. The maximum absolute atomic E-state index is 5.51. The van der Waals surface area contributed by atoms with Gasteiger partial charge < -0.3 is 14.7 Å². The number of aromatic nitrogens is 3. The van der Waals surface area contributed by atoms with Gasteiger partial charge in [-0.3, -0.25) is 0 Å². The molecule has 1 aliphatic heterocycles. The van der Waals surface area contributed by atoms with Crippen LogP contribution in [0.4, 0.5) is 11.6 Å². The average Bonchev–Trinajstić information content (AvgIpc) is 2.94. The van der Waals surface area contributed by atoms with Crippen LogP contribution in [0.1, 0.15) is 32.6 Å². The van der Waals surface area contributed by atoms with Crippen LogP contribution in [0.15, 0.2) is 18.6 Å². The van der Waals surface area contributed by atoms with Crippen molar-refractivity contribution in [2.24, 2.45) is 5.84 Å². The number of piperidine rings is 1. The molecule has 102 valence electrons. The van der Waals surface area contributed by atoms with Gasteiger partial charge in [-0.25, -0.2) is 15.8 Å². The molecule has 0 radical (unpaired) electrons. The van der Waals surface area contributed by atoms with E-state index in [0.717, 1.165) is 24.4 Å². The summed E-state index contributed by atoms with van der Waals surface area (Å²) in [5.41, 5.74) is 3.54. The molecule has 6 nitrogen and oxygen atoms in total. The van der Waals surface area contributed by atoms with E-state index < -0.39 is 0 Å². The molecule has 0 amide bonds. The molecule has 1 aliphatic rings. The summed E-state index contributed by atoms with van der Waals surface area (Å²) >= 11 is 0. The number of fused-ring (bicyclic) bond motifs is 1. The molecule has 6 heteroatoms. The van der Waals surface area contributed by atoms with Crippen LogP contribution in [0.3, 0.4) is 0 Å². The van der Waals surface area contributed by atoms with E-state index in [-0.39, 0.29) is 0 Å². The normalized spacial score (nSPS) is 19.9. The van der Waals surface area contributed by atoms with Crippen LogP contribution in [-0.2, 0) is 0 Å². The van der Waals surface area contributed by atoms with Gasteiger partial charge in [0.2, 0.25) is 0 Å². The van der Waals surface area contributed by atoms with Crippen molar-refractivity contribution < 1.29 is 0 Å². The maximum atomic E-state index is 5.51. The van der Waals surface area contributed by atoms with Gasteiger partial charge in [0, 0.05) is 25.0 Å². The average molecular weight is 260 g/mol. The molecule has 19 heavy (non-hydrogen) atoms. The summed E-state index contributed by atoms with van der Waals surface area (Å²) in [4.78, 5) is 11.4. The smallest absolute Gasteiger partial charge is 0.180 e. The van der Waals surface area contributed by atoms with E-state index in [2.05, 4.69) is 27.2 Å². The summed E-state index contributed by atoms with van der Waals surface area (Å²) in [7, 11) is 0. The molecule has 0 spiro atoms. The number of hydrogen-bond donors (Lipinski definition) is 2. The number of nitrogen functional groups attached to an aromatic ring is 1. The molecule has 0 bridgehead atoms. The van der Waals surface area contributed by atoms with Crippen molar-refractivity contribution >= 4 is 17.3 Å². The molecular formula is C13H20N6. The van der Waals surface area contributed by atoms with Gasteiger partial charge in [-0.2, -0.15) is 0 Å². The predicted molar refractivity (Wildman–Crippen MR) is 76.1 cm³/mol. The fourth-order valence-corrected chi connectivity index (χ4v) is 2.88. The molecule has 1 unspecified atom stereocenters. The lowest BCUT2D eigenvalue weighted by Crippen LogP contribution is -2.40. The minimum atomic E-state index is 0.551. The number of nitrogens with one attached hydrogen (secondary N) is 1. The zero-order chi connectivity index (χ0) is 13.2. The van der Waals surface area contributed by atoms with Crippen molar-refractivity contribution in [2.45, 2.75) is 38.6 Å². The minimum Gasteiger partial charge on any atom is -0.350 e. The van der Waals surface area contributed by atoms with Crippen molar-refractivity contribution in [2.75, 3.05) is 16.9 Å². The lowest BCUT2D eigenvalue weighted by molar-refractivity contribution is 0.447. The number of anilines is 2. The fraction of sp³-hybridized carbons (Fsp3) is 0.538. The SMILES string of the molecule is CCC1CCCCN1c1nc(NN)cn2ccnc12. The second-order valence-electron chi connectivity index (χ2n) is 5.00. The number of nitrogens with two attached hydrogens (primary N) is 1. The van der Waals surface area contributed by atoms with E-state index in [9.17, 15) is 0 Å². The Morgan fingerprint density at radius 1 is 1.47 bits per heavy atom. The first-order valence-corrected chi connectivity index (χ1v) is 6.90. The maximum Gasteiger partial charge on any atom is 0.180 e. The lowest BCUT2D eigenvalue weighted by Gasteiger charge is -2.36. The van der Waals surface area contributed by atoms with Gasteiger partial charge >= 0.3 is 0 Å². The Hall–Kier alpha value is -1.82. The Labute approximate surface area is 112 Å². The summed E-state index contributed by atoms with van der Waals surface area (Å²) in [6, 6.07) is 0.551. The van der Waals surface area contributed by atoms with Crippen molar-refractivity contribution in [3.63, 3.8) is 0 Å². The van der Waals surface area contributed by atoms with E-state index in [1.807, 2.05) is 16.8 Å². The van der Waals surface area contributed by atoms with E-state index in [0.29, 0.717) is 11.9 Å². The van der Waals surface area contributed by atoms with Crippen molar-refractivity contribution in [3.8, 4) is 0 Å². The fourth-order valence-electron chi connectivity index (χ4n) is 2.88. The molecule has 2 aromatic heterocycles. The Balaban J connectivity index is 2.08. The molecule has 0 aliphatic carbocycles. The predicted octanol–water partition coefficient (Wildman–Crippen LogP) is 1.78. The number of nitrogens with zero attached hydrogens (tertiary/aromatic N) is 4. The summed E-state index contributed by atoms with van der Waals surface area (Å²) in [5, 5.41) is 0. The minimum absolute atomic E-state index is 0.551. The lowest BCUT2D eigenvalue weighted by atomic mass is 10.0. The van der Waals surface area contributed by atoms with Gasteiger partial charge in [-0.05, 0) is 25.7 Å². The van der Waals surface area contributed by atoms with Gasteiger partial charge in [-0.15, -0.1) is 0 Å². The van der Waals surface area contributed by atoms with E-state index in [1.54, 1.807) is 6.20 Å². The standard InChI is InChI=1S/C13H20N6/c1-2-10-5-3-4-7-19(10)13-12-15-6-8-18(12)9-11(16-13)17-14/h6,8-10,17H,2-5,7,14H2,1H3. The molecule has 3 rings (SSSR count). The molecule has 1 saturated heterocycles. The highest BCUT2D eigenvalue weighted by Crippen LogP contribution is 2.28. The third kappa shape index (κ3) is 2.12. The van der Waals surface area contributed by atoms with Gasteiger partial charge in [0.1, 0.15) is 0 Å². The monoisotopic (exact) mass is 260 g/mol. The van der Waals surface area contributed by atoms with Gasteiger partial charge in [0.15, 0.2) is 17.3 Å². The first kappa shape index (κ1) is 12.2. The summed E-state index contributed by atoms with van der Waals surface area (Å²) in [6.45, 7) is 3.28. The van der Waals surface area contributed by atoms with Gasteiger partial charge in [0.25, 0.3) is 0 Å². The van der Waals surface area contributed by atoms with E-state index >= 15 is 0 Å². The van der Waals surface area contributed by atoms with Crippen molar-refractivity contribution in [1.82, 2.24) is 14.4 Å². The van der Waals surface area contributed by atoms with Crippen LogP contribution >= 0.6 is 0 Å². The summed E-state index contributed by atoms with van der Waals surface area (Å²) in [5.74, 6) is 7.11.